The van der Waals surface area contributed by atoms with E-state index in [1.807, 2.05) is 0 Å². The van der Waals surface area contributed by atoms with E-state index in [0.717, 1.165) is 13.0 Å². The molecule has 5 nitrogen and oxygen atoms in total. The standard InChI is InChI=1S/C25H24BrF7N2O3/c1-12(2)38-23(37)35-6-4-5-20(17-10-18(26)19(27)11-21(17)35)34-22(13(3)36)14-7-15(24(28,29)30)9-16(8-14)25(31,32)33/h7-12,20,22,34H,4-6H2,1-3H3. The number of amides is 1. The van der Waals surface area contributed by atoms with Crippen LogP contribution in [0, 0.1) is 5.82 Å². The SMILES string of the molecule is CC(=O)C(NC1CCCN(C(=O)OC(C)C)c2cc(F)c(Br)cc21)c1cc(C(F)(F)F)cc(C(F)(F)F)c1. The number of benzene rings is 2. The zero-order chi connectivity index (χ0) is 28.6. The number of anilines is 1. The van der Waals surface area contributed by atoms with E-state index in [2.05, 4.69) is 21.2 Å². The third-order valence-corrected chi connectivity index (χ3v) is 6.49. The summed E-state index contributed by atoms with van der Waals surface area (Å²) >= 11 is 3.07. The molecule has 2 aromatic carbocycles. The van der Waals surface area contributed by atoms with E-state index in [4.69, 9.17) is 4.74 Å². The van der Waals surface area contributed by atoms with Crippen LogP contribution in [-0.2, 0) is 21.9 Å². The van der Waals surface area contributed by atoms with Crippen LogP contribution in [0.15, 0.2) is 34.8 Å². The minimum absolute atomic E-state index is 0.0138. The van der Waals surface area contributed by atoms with E-state index < -0.39 is 64.9 Å². The molecule has 0 aromatic heterocycles. The van der Waals surface area contributed by atoms with Crippen molar-refractivity contribution in [2.75, 3.05) is 11.4 Å². The summed E-state index contributed by atoms with van der Waals surface area (Å²) in [4.78, 5) is 26.5. The van der Waals surface area contributed by atoms with E-state index in [-0.39, 0.29) is 29.2 Å². The molecular weight excluding hydrogens is 589 g/mol. The highest BCUT2D eigenvalue weighted by Gasteiger charge is 2.39. The minimum Gasteiger partial charge on any atom is -0.446 e. The Morgan fingerprint density at radius 3 is 2.11 bits per heavy atom. The van der Waals surface area contributed by atoms with Crippen LogP contribution in [0.1, 0.15) is 68.0 Å². The second-order valence-electron chi connectivity index (χ2n) is 9.15. The number of Topliss-reactive ketones (excluding diaryl/α,β-unsaturated/α-hetero) is 1. The first kappa shape index (κ1) is 29.9. The van der Waals surface area contributed by atoms with Gasteiger partial charge in [-0.2, -0.15) is 26.3 Å². The number of nitrogens with zero attached hydrogens (tertiary/aromatic N) is 1. The van der Waals surface area contributed by atoms with Crippen molar-refractivity contribution in [3.8, 4) is 0 Å². The first-order chi connectivity index (χ1) is 17.5. The lowest BCUT2D eigenvalue weighted by Gasteiger charge is -2.28. The van der Waals surface area contributed by atoms with Crippen molar-refractivity contribution in [3.05, 3.63) is 62.9 Å². The van der Waals surface area contributed by atoms with Crippen LogP contribution in [0.5, 0.6) is 0 Å². The molecule has 1 heterocycles. The minimum atomic E-state index is -5.09. The van der Waals surface area contributed by atoms with Crippen molar-refractivity contribution in [1.29, 1.82) is 0 Å². The first-order valence-corrected chi connectivity index (χ1v) is 12.3. The molecule has 208 valence electrons. The Bertz CT molecular complexity index is 1180. The first-order valence-electron chi connectivity index (χ1n) is 11.5. The molecular formula is C25H24BrF7N2O3. The van der Waals surface area contributed by atoms with Gasteiger partial charge in [-0.15, -0.1) is 0 Å². The lowest BCUT2D eigenvalue weighted by atomic mass is 9.94. The predicted molar refractivity (Wildman–Crippen MR) is 128 cm³/mol. The molecule has 2 unspecified atom stereocenters. The second-order valence-corrected chi connectivity index (χ2v) is 10.0. The molecule has 2 aromatic rings. The predicted octanol–water partition coefficient (Wildman–Crippen LogP) is 7.73. The van der Waals surface area contributed by atoms with Gasteiger partial charge in [-0.1, -0.05) is 0 Å². The molecule has 3 rings (SSSR count). The molecule has 0 saturated heterocycles. The molecule has 13 heteroatoms. The van der Waals surface area contributed by atoms with Gasteiger partial charge in [0.15, 0.2) is 5.78 Å². The Morgan fingerprint density at radius 2 is 1.61 bits per heavy atom. The van der Waals surface area contributed by atoms with E-state index in [1.165, 1.54) is 11.0 Å². The maximum absolute atomic E-state index is 14.5. The lowest BCUT2D eigenvalue weighted by molar-refractivity contribution is -0.143. The lowest BCUT2D eigenvalue weighted by Crippen LogP contribution is -2.34. The van der Waals surface area contributed by atoms with Crippen LogP contribution in [-0.4, -0.2) is 24.5 Å². The molecule has 1 N–H and O–H groups in total. The van der Waals surface area contributed by atoms with Crippen LogP contribution < -0.4 is 10.2 Å². The Labute approximate surface area is 222 Å². The second kappa shape index (κ2) is 11.2. The van der Waals surface area contributed by atoms with Crippen molar-refractivity contribution < 1.29 is 45.1 Å². The Hall–Kier alpha value is -2.67. The van der Waals surface area contributed by atoms with Gasteiger partial charge >= 0.3 is 18.4 Å². The van der Waals surface area contributed by atoms with Gasteiger partial charge < -0.3 is 4.74 Å². The fourth-order valence-corrected chi connectivity index (χ4v) is 4.58. The molecule has 38 heavy (non-hydrogen) atoms. The number of nitrogens with one attached hydrogen (secondary N) is 1. The van der Waals surface area contributed by atoms with Crippen molar-refractivity contribution in [2.45, 2.75) is 64.2 Å². The van der Waals surface area contributed by atoms with Gasteiger partial charge in [0, 0.05) is 12.6 Å². The monoisotopic (exact) mass is 612 g/mol. The largest absolute Gasteiger partial charge is 0.446 e. The number of hydrogen-bond acceptors (Lipinski definition) is 4. The van der Waals surface area contributed by atoms with Gasteiger partial charge in [-0.3, -0.25) is 15.0 Å². The van der Waals surface area contributed by atoms with Gasteiger partial charge in [-0.25, -0.2) is 9.18 Å². The number of fused-ring (bicyclic) bond motifs is 1. The quantitative estimate of drug-likeness (QED) is 0.351. The smallest absolute Gasteiger partial charge is 0.416 e. The third-order valence-electron chi connectivity index (χ3n) is 5.88. The van der Waals surface area contributed by atoms with Crippen LogP contribution in [0.25, 0.3) is 0 Å². The van der Waals surface area contributed by atoms with Gasteiger partial charge in [0.2, 0.25) is 0 Å². The molecule has 0 bridgehead atoms. The molecule has 0 fully saturated rings. The summed E-state index contributed by atoms with van der Waals surface area (Å²) in [6.07, 6.45) is -10.9. The number of ketones is 1. The molecule has 1 aliphatic rings. The Morgan fingerprint density at radius 1 is 1.03 bits per heavy atom. The number of ether oxygens (including phenoxy) is 1. The van der Waals surface area contributed by atoms with Crippen LogP contribution in [0.2, 0.25) is 0 Å². The van der Waals surface area contributed by atoms with Crippen LogP contribution in [0.3, 0.4) is 0 Å². The van der Waals surface area contributed by atoms with Crippen molar-refractivity contribution in [2.24, 2.45) is 0 Å². The zero-order valence-corrected chi connectivity index (χ0v) is 22.0. The maximum atomic E-state index is 14.5. The highest BCUT2D eigenvalue weighted by Crippen LogP contribution is 2.40. The van der Waals surface area contributed by atoms with Crippen molar-refractivity contribution in [3.63, 3.8) is 0 Å². The van der Waals surface area contributed by atoms with Gasteiger partial charge in [0.05, 0.1) is 33.4 Å². The molecule has 0 saturated carbocycles. The van der Waals surface area contributed by atoms with Crippen molar-refractivity contribution in [1.82, 2.24) is 5.32 Å². The summed E-state index contributed by atoms with van der Waals surface area (Å²) < 4.78 is 100. The Kier molecular flexibility index (Phi) is 8.81. The van der Waals surface area contributed by atoms with E-state index in [1.54, 1.807) is 13.8 Å². The normalized spacial score (nSPS) is 17.2. The summed E-state index contributed by atoms with van der Waals surface area (Å²) in [7, 11) is 0. The number of hydrogen-bond donors (Lipinski definition) is 1. The average Bonchev–Trinajstić information content (AvgIpc) is 2.95. The number of carbonyl (C=O) groups excluding carboxylic acids is 2. The summed E-state index contributed by atoms with van der Waals surface area (Å²) in [6, 6.07) is 1.02. The van der Waals surface area contributed by atoms with Crippen LogP contribution >= 0.6 is 15.9 Å². The van der Waals surface area contributed by atoms with Gasteiger partial charge in [-0.05, 0) is 91.0 Å². The molecule has 0 radical (unpaired) electrons. The van der Waals surface area contributed by atoms with E-state index >= 15 is 0 Å². The fraction of sp³-hybridized carbons (Fsp3) is 0.440. The van der Waals surface area contributed by atoms with Crippen molar-refractivity contribution >= 4 is 33.5 Å². The molecule has 0 spiro atoms. The fourth-order valence-electron chi connectivity index (χ4n) is 4.22. The Balaban J connectivity index is 2.10. The molecule has 1 amide bonds. The number of alkyl halides is 6. The number of halogens is 8. The third kappa shape index (κ3) is 6.85. The summed E-state index contributed by atoms with van der Waals surface area (Å²) in [6.45, 7) is 4.40. The highest BCUT2D eigenvalue weighted by molar-refractivity contribution is 9.10. The average molecular weight is 613 g/mol. The summed E-state index contributed by atoms with van der Waals surface area (Å²) in [5.41, 5.74) is -3.21. The topological polar surface area (TPSA) is 58.6 Å². The summed E-state index contributed by atoms with van der Waals surface area (Å²) in [5, 5.41) is 2.87. The van der Waals surface area contributed by atoms with Gasteiger partial charge in [0.25, 0.3) is 0 Å². The van der Waals surface area contributed by atoms with Gasteiger partial charge in [0.1, 0.15) is 5.82 Å². The molecule has 1 aliphatic heterocycles. The van der Waals surface area contributed by atoms with E-state index in [0.29, 0.717) is 24.1 Å². The molecule has 2 atom stereocenters. The van der Waals surface area contributed by atoms with E-state index in [9.17, 15) is 40.3 Å². The zero-order valence-electron chi connectivity index (χ0n) is 20.4. The highest BCUT2D eigenvalue weighted by atomic mass is 79.9. The molecule has 0 aliphatic carbocycles. The maximum Gasteiger partial charge on any atom is 0.416 e. The van der Waals surface area contributed by atoms with Crippen LogP contribution in [0.4, 0.5) is 41.2 Å². The number of carbonyl (C=O) groups is 2. The number of rotatable bonds is 5. The summed E-state index contributed by atoms with van der Waals surface area (Å²) in [5.74, 6) is -1.44.